The molecule has 0 fully saturated rings. The van der Waals surface area contributed by atoms with Gasteiger partial charge in [0.2, 0.25) is 0 Å². The second kappa shape index (κ2) is 4.09. The Morgan fingerprint density at radius 1 is 1.69 bits per heavy atom. The van der Waals surface area contributed by atoms with Crippen LogP contribution in [0.15, 0.2) is 23.2 Å². The van der Waals surface area contributed by atoms with Crippen LogP contribution in [-0.4, -0.2) is 17.4 Å². The molecule has 1 aromatic heterocycles. The van der Waals surface area contributed by atoms with Crippen LogP contribution in [0.4, 0.5) is 5.00 Å². The molecular weight excluding hydrogens is 226 g/mol. The molecule has 2 rings (SSSR count). The Hall–Kier alpha value is -1.62. The first-order valence-corrected chi connectivity index (χ1v) is 5.75. The van der Waals surface area contributed by atoms with E-state index in [-0.39, 0.29) is 17.4 Å². The summed E-state index contributed by atoms with van der Waals surface area (Å²) in [6.07, 6.45) is 2.28. The number of hydrogen-bond donors (Lipinski definition) is 2. The first-order valence-electron chi connectivity index (χ1n) is 4.87. The van der Waals surface area contributed by atoms with Crippen LogP contribution in [0.1, 0.15) is 18.4 Å². The van der Waals surface area contributed by atoms with Gasteiger partial charge in [-0.3, -0.25) is 0 Å². The summed E-state index contributed by atoms with van der Waals surface area (Å²) in [6.45, 7) is 1.74. The van der Waals surface area contributed by atoms with Crippen LogP contribution in [0.2, 0.25) is 0 Å². The van der Waals surface area contributed by atoms with Gasteiger partial charge >= 0.3 is 5.97 Å². The highest BCUT2D eigenvalue weighted by Gasteiger charge is 2.32. The molecule has 0 aromatic carbocycles. The van der Waals surface area contributed by atoms with E-state index in [2.05, 4.69) is 5.32 Å². The quantitative estimate of drug-likeness (QED) is 0.790. The fourth-order valence-electron chi connectivity index (χ4n) is 1.92. The molecule has 1 aliphatic heterocycles. The Balaban J connectivity index is 2.47. The van der Waals surface area contributed by atoms with Crippen molar-refractivity contribution in [3.63, 3.8) is 0 Å². The molecule has 0 spiro atoms. The number of anilines is 1. The van der Waals surface area contributed by atoms with E-state index in [1.807, 2.05) is 11.4 Å². The van der Waals surface area contributed by atoms with Gasteiger partial charge in [0.25, 0.3) is 0 Å². The lowest BCUT2D eigenvalue weighted by atomic mass is 9.82. The summed E-state index contributed by atoms with van der Waals surface area (Å²) < 4.78 is 0. The molecule has 0 saturated heterocycles. The molecule has 2 unspecified atom stereocenters. The number of hydrogen-bond acceptors (Lipinski definition) is 4. The molecule has 0 bridgehead atoms. The normalized spacial score (nSPS) is 20.3. The van der Waals surface area contributed by atoms with Crippen LogP contribution in [0.25, 0.3) is 0 Å². The van der Waals surface area contributed by atoms with Crippen molar-refractivity contribution >= 4 is 28.6 Å². The highest BCUT2D eigenvalue weighted by molar-refractivity contribution is 7.14. The molecule has 0 aliphatic carbocycles. The minimum absolute atomic E-state index is 0.241. The smallest absolute Gasteiger partial charge is 0.333 e. The number of thiophene rings is 1. The summed E-state index contributed by atoms with van der Waals surface area (Å²) >= 11 is 1.51. The molecule has 5 heteroatoms. The maximum Gasteiger partial charge on any atom is 0.333 e. The third-order valence-corrected chi connectivity index (χ3v) is 3.57. The van der Waals surface area contributed by atoms with Gasteiger partial charge < -0.3 is 15.2 Å². The summed E-state index contributed by atoms with van der Waals surface area (Å²) in [5, 5.41) is 14.8. The standard InChI is InChI=1S/C11H11NO3S/c1-6(5-13)9-7-2-3-16-10(7)12-4-8(9)11(14)15/h2-6,9,12H,1H3,(H,14,15). The topological polar surface area (TPSA) is 66.4 Å². The molecule has 2 heterocycles. The third kappa shape index (κ3) is 1.63. The number of carboxylic acid groups (broad SMARTS) is 1. The first kappa shape index (κ1) is 10.9. The van der Waals surface area contributed by atoms with Gasteiger partial charge in [0.05, 0.1) is 10.6 Å². The fraction of sp³-hybridized carbons (Fsp3) is 0.273. The zero-order valence-corrected chi connectivity index (χ0v) is 9.45. The first-order chi connectivity index (χ1) is 7.65. The van der Waals surface area contributed by atoms with E-state index in [0.717, 1.165) is 16.9 Å². The van der Waals surface area contributed by atoms with Crippen molar-refractivity contribution in [2.75, 3.05) is 5.32 Å². The number of carboxylic acids is 1. The molecule has 0 radical (unpaired) electrons. The lowest BCUT2D eigenvalue weighted by Gasteiger charge is -2.25. The average molecular weight is 237 g/mol. The van der Waals surface area contributed by atoms with E-state index in [9.17, 15) is 9.59 Å². The molecule has 16 heavy (non-hydrogen) atoms. The second-order valence-electron chi connectivity index (χ2n) is 3.73. The molecular formula is C11H11NO3S. The minimum Gasteiger partial charge on any atom is -0.478 e. The van der Waals surface area contributed by atoms with E-state index < -0.39 is 5.97 Å². The number of fused-ring (bicyclic) bond motifs is 1. The van der Waals surface area contributed by atoms with E-state index in [0.29, 0.717) is 0 Å². The summed E-state index contributed by atoms with van der Waals surface area (Å²) in [5.74, 6) is -1.67. The SMILES string of the molecule is CC(C=O)C1C(C(=O)O)=CNc2sccc21. The Kier molecular flexibility index (Phi) is 2.78. The van der Waals surface area contributed by atoms with E-state index >= 15 is 0 Å². The van der Waals surface area contributed by atoms with Gasteiger partial charge in [0.1, 0.15) is 6.29 Å². The fourth-order valence-corrected chi connectivity index (χ4v) is 2.73. The Bertz CT molecular complexity index is 464. The van der Waals surface area contributed by atoms with E-state index in [1.54, 1.807) is 6.92 Å². The number of carbonyl (C=O) groups excluding carboxylic acids is 1. The van der Waals surface area contributed by atoms with Crippen LogP contribution >= 0.6 is 11.3 Å². The summed E-state index contributed by atoms with van der Waals surface area (Å²) in [5.41, 5.74) is 1.13. The van der Waals surface area contributed by atoms with Crippen LogP contribution in [0.3, 0.4) is 0 Å². The van der Waals surface area contributed by atoms with Crippen LogP contribution in [0, 0.1) is 5.92 Å². The van der Waals surface area contributed by atoms with E-state index in [4.69, 9.17) is 5.11 Å². The van der Waals surface area contributed by atoms with Gasteiger partial charge in [-0.1, -0.05) is 6.92 Å². The largest absolute Gasteiger partial charge is 0.478 e. The Morgan fingerprint density at radius 2 is 2.44 bits per heavy atom. The predicted molar refractivity (Wildman–Crippen MR) is 61.6 cm³/mol. The number of carbonyl (C=O) groups is 2. The maximum absolute atomic E-state index is 11.1. The van der Waals surface area contributed by atoms with Gasteiger partial charge in [0.15, 0.2) is 0 Å². The molecule has 1 aromatic rings. The zero-order chi connectivity index (χ0) is 11.7. The zero-order valence-electron chi connectivity index (χ0n) is 8.64. The molecule has 0 saturated carbocycles. The molecule has 1 aliphatic rings. The lowest BCUT2D eigenvalue weighted by molar-refractivity contribution is -0.133. The lowest BCUT2D eigenvalue weighted by Crippen LogP contribution is -2.23. The maximum atomic E-state index is 11.1. The Morgan fingerprint density at radius 3 is 3.06 bits per heavy atom. The Labute approximate surface area is 96.6 Å². The van der Waals surface area contributed by atoms with Crippen molar-refractivity contribution in [1.82, 2.24) is 0 Å². The number of aliphatic carboxylic acids is 1. The average Bonchev–Trinajstić information content (AvgIpc) is 2.74. The second-order valence-corrected chi connectivity index (χ2v) is 4.64. The number of aldehydes is 1. The summed E-state index contributed by atoms with van der Waals surface area (Å²) in [6, 6.07) is 1.87. The van der Waals surface area contributed by atoms with Gasteiger partial charge in [-0.25, -0.2) is 4.79 Å². The molecule has 4 nitrogen and oxygen atoms in total. The van der Waals surface area contributed by atoms with Gasteiger partial charge in [0, 0.05) is 18.0 Å². The van der Waals surface area contributed by atoms with Crippen molar-refractivity contribution in [2.45, 2.75) is 12.8 Å². The van der Waals surface area contributed by atoms with Crippen LogP contribution in [0.5, 0.6) is 0 Å². The van der Waals surface area contributed by atoms with Crippen molar-refractivity contribution in [1.29, 1.82) is 0 Å². The van der Waals surface area contributed by atoms with Crippen molar-refractivity contribution < 1.29 is 14.7 Å². The van der Waals surface area contributed by atoms with Crippen LogP contribution < -0.4 is 5.32 Å². The monoisotopic (exact) mass is 237 g/mol. The van der Waals surface area contributed by atoms with Crippen molar-refractivity contribution in [3.05, 3.63) is 28.8 Å². The number of nitrogens with one attached hydrogen (secondary N) is 1. The minimum atomic E-state index is -0.983. The molecule has 0 amide bonds. The molecule has 2 atom stereocenters. The summed E-state index contributed by atoms with van der Waals surface area (Å²) in [7, 11) is 0. The molecule has 84 valence electrons. The van der Waals surface area contributed by atoms with Crippen molar-refractivity contribution in [2.24, 2.45) is 5.92 Å². The van der Waals surface area contributed by atoms with Crippen molar-refractivity contribution in [3.8, 4) is 0 Å². The molecule has 2 N–H and O–H groups in total. The van der Waals surface area contributed by atoms with E-state index in [1.165, 1.54) is 17.5 Å². The van der Waals surface area contributed by atoms with Crippen LogP contribution in [-0.2, 0) is 9.59 Å². The predicted octanol–water partition coefficient (Wildman–Crippen LogP) is 2.06. The highest BCUT2D eigenvalue weighted by Crippen LogP contribution is 2.41. The number of rotatable bonds is 3. The third-order valence-electron chi connectivity index (χ3n) is 2.71. The van der Waals surface area contributed by atoms with Gasteiger partial charge in [-0.2, -0.15) is 0 Å². The highest BCUT2D eigenvalue weighted by atomic mass is 32.1. The van der Waals surface area contributed by atoms with Gasteiger partial charge in [-0.05, 0) is 17.0 Å². The summed E-state index contributed by atoms with van der Waals surface area (Å²) in [4.78, 5) is 22.0. The van der Waals surface area contributed by atoms with Gasteiger partial charge in [-0.15, -0.1) is 11.3 Å².